The number of nitrogens with zero attached hydrogens (tertiary/aromatic N) is 1. The van der Waals surface area contributed by atoms with Gasteiger partial charge in [0.15, 0.2) is 0 Å². The van der Waals surface area contributed by atoms with E-state index in [2.05, 4.69) is 38.2 Å². The smallest absolute Gasteiger partial charge is 0.329 e. The Morgan fingerprint density at radius 2 is 0.804 bits per heavy atom. The van der Waals surface area contributed by atoms with Crippen LogP contribution < -0.4 is 0 Å². The van der Waals surface area contributed by atoms with Crippen molar-refractivity contribution in [3.8, 4) is 0 Å². The Morgan fingerprint density at radius 3 is 1.13 bits per heavy atom. The molecule has 0 heterocycles. The van der Waals surface area contributed by atoms with Gasteiger partial charge in [0.1, 0.15) is 6.54 Å². The van der Waals surface area contributed by atoms with Gasteiger partial charge in [-0.05, 0) is 70.6 Å². The van der Waals surface area contributed by atoms with E-state index in [1.54, 1.807) is 0 Å². The highest BCUT2D eigenvalue weighted by Gasteiger charge is 2.20. The van der Waals surface area contributed by atoms with E-state index in [1.165, 1.54) is 116 Å². The highest BCUT2D eigenvalue weighted by molar-refractivity contribution is 5.70. The fourth-order valence-corrected chi connectivity index (χ4v) is 5.39. The van der Waals surface area contributed by atoms with Crippen LogP contribution >= 0.6 is 0 Å². The zero-order chi connectivity index (χ0) is 33.8. The number of hydrogen-bond acceptors (Lipinski definition) is 6. The molecule has 0 aliphatic heterocycles. The summed E-state index contributed by atoms with van der Waals surface area (Å²) >= 11 is 0. The quantitative estimate of drug-likeness (QED) is 0.0418. The maximum atomic E-state index is 12.4. The number of allylic oxidation sites excluding steroid dienone is 4. The molecule has 0 fully saturated rings. The van der Waals surface area contributed by atoms with Gasteiger partial charge in [-0.3, -0.25) is 9.59 Å². The Balaban J connectivity index is 3.90. The van der Waals surface area contributed by atoms with E-state index in [9.17, 15) is 14.7 Å². The van der Waals surface area contributed by atoms with Crippen molar-refractivity contribution in [3.05, 3.63) is 24.3 Å². The highest BCUT2D eigenvalue weighted by Crippen LogP contribution is 2.13. The van der Waals surface area contributed by atoms with Crippen LogP contribution in [-0.2, 0) is 19.3 Å². The molecule has 0 rings (SSSR count). The second-order valence-corrected chi connectivity index (χ2v) is 13.2. The molecule has 270 valence electrons. The Kier molecular flexibility index (Phi) is 34.9. The second kappa shape index (κ2) is 36.2. The Hall–Kier alpha value is -1.66. The first kappa shape index (κ1) is 44.3. The first-order valence-corrected chi connectivity index (χ1v) is 19.7. The third-order valence-electron chi connectivity index (χ3n) is 8.52. The fourth-order valence-electron chi connectivity index (χ4n) is 5.39. The normalized spacial score (nSPS) is 12.5. The van der Waals surface area contributed by atoms with E-state index in [0.717, 1.165) is 56.6 Å². The van der Waals surface area contributed by atoms with Crippen molar-refractivity contribution in [2.24, 2.45) is 0 Å². The molecular formula is C40H75NO5. The summed E-state index contributed by atoms with van der Waals surface area (Å²) in [6, 6.07) is 0. The molecule has 0 aliphatic carbocycles. The molecule has 1 unspecified atom stereocenters. The first-order valence-electron chi connectivity index (χ1n) is 19.7. The van der Waals surface area contributed by atoms with E-state index in [4.69, 9.17) is 9.68 Å². The van der Waals surface area contributed by atoms with Gasteiger partial charge in [-0.15, -0.1) is 0 Å². The minimum absolute atomic E-state index is 0.0350. The van der Waals surface area contributed by atoms with Crippen LogP contribution in [-0.4, -0.2) is 34.9 Å². The lowest BCUT2D eigenvalue weighted by atomic mass is 10.1. The summed E-state index contributed by atoms with van der Waals surface area (Å²) < 4.78 is 0. The molecule has 0 amide bonds. The molecule has 46 heavy (non-hydrogen) atoms. The summed E-state index contributed by atoms with van der Waals surface area (Å²) in [6.07, 6.45) is 40.8. The minimum atomic E-state index is -0.736. The summed E-state index contributed by atoms with van der Waals surface area (Å²) in [5.74, 6) is -0.843. The predicted molar refractivity (Wildman–Crippen MR) is 194 cm³/mol. The van der Waals surface area contributed by atoms with Gasteiger partial charge in [0.25, 0.3) is 0 Å². The molecule has 0 bridgehead atoms. The van der Waals surface area contributed by atoms with Gasteiger partial charge in [0, 0.05) is 18.1 Å². The van der Waals surface area contributed by atoms with Crippen LogP contribution in [0.4, 0.5) is 0 Å². The first-order chi connectivity index (χ1) is 22.5. The molecule has 0 aromatic rings. The number of unbranched alkanes of at least 4 members (excludes halogenated alkanes) is 22. The molecule has 0 aliphatic rings. The molecule has 0 aromatic carbocycles. The lowest BCUT2D eigenvalue weighted by molar-refractivity contribution is -0.331. The van der Waals surface area contributed by atoms with Crippen LogP contribution in [0.25, 0.3) is 0 Å². The molecule has 6 nitrogen and oxygen atoms in total. The summed E-state index contributed by atoms with van der Waals surface area (Å²) in [6.45, 7) is 6.32. The monoisotopic (exact) mass is 650 g/mol. The van der Waals surface area contributed by atoms with Crippen LogP contribution in [0.15, 0.2) is 24.3 Å². The molecule has 0 aromatic heterocycles. The number of aliphatic hydroxyl groups excluding tert-OH is 1. The van der Waals surface area contributed by atoms with E-state index in [-0.39, 0.29) is 19.4 Å². The zero-order valence-corrected chi connectivity index (χ0v) is 30.6. The van der Waals surface area contributed by atoms with Gasteiger partial charge in [0.05, 0.1) is 6.10 Å². The average Bonchev–Trinajstić information content (AvgIpc) is 3.04. The number of carbonyl (C=O) groups excluding carboxylic acids is 2. The lowest BCUT2D eigenvalue weighted by Gasteiger charge is -2.21. The Labute approximate surface area is 285 Å². The van der Waals surface area contributed by atoms with Crippen LogP contribution in [0.1, 0.15) is 207 Å². The van der Waals surface area contributed by atoms with Crippen molar-refractivity contribution in [2.75, 3.05) is 6.54 Å². The predicted octanol–water partition coefficient (Wildman–Crippen LogP) is 12.1. The molecule has 0 spiro atoms. The van der Waals surface area contributed by atoms with Crippen molar-refractivity contribution in [3.63, 3.8) is 0 Å². The van der Waals surface area contributed by atoms with Gasteiger partial charge in [-0.25, -0.2) is 0 Å². The van der Waals surface area contributed by atoms with Crippen molar-refractivity contribution in [1.29, 1.82) is 0 Å². The van der Waals surface area contributed by atoms with E-state index < -0.39 is 18.0 Å². The maximum absolute atomic E-state index is 12.4. The van der Waals surface area contributed by atoms with Gasteiger partial charge in [0.2, 0.25) is 0 Å². The zero-order valence-electron chi connectivity index (χ0n) is 30.6. The number of hydroxylamine groups is 2. The fraction of sp³-hybridized carbons (Fsp3) is 0.850. The molecule has 6 heteroatoms. The van der Waals surface area contributed by atoms with E-state index in [1.807, 2.05) is 6.92 Å². The van der Waals surface area contributed by atoms with Crippen LogP contribution in [0, 0.1) is 0 Å². The lowest BCUT2D eigenvalue weighted by Crippen LogP contribution is -2.36. The third-order valence-corrected chi connectivity index (χ3v) is 8.52. The van der Waals surface area contributed by atoms with E-state index >= 15 is 0 Å². The summed E-state index contributed by atoms with van der Waals surface area (Å²) in [5, 5.41) is 11.0. The molecule has 0 saturated carbocycles. The molecule has 1 atom stereocenters. The number of aliphatic hydroxyl groups is 1. The van der Waals surface area contributed by atoms with Crippen LogP contribution in [0.2, 0.25) is 0 Å². The minimum Gasteiger partial charge on any atom is -0.392 e. The summed E-state index contributed by atoms with van der Waals surface area (Å²) in [5.41, 5.74) is 0. The third kappa shape index (κ3) is 33.7. The Bertz CT molecular complexity index is 668. The standard InChI is InChI=1S/C40H75NO5/c1-4-7-9-11-13-15-17-19-21-23-25-27-29-31-33-35-39(43)45-41(37-38(42)6-3)46-40(44)36-34-32-30-28-26-24-22-20-18-16-14-12-10-8-5-2/h19-22,38,42H,4-18,23-37H2,1-3H3/b21-19-,22-20-. The van der Waals surface area contributed by atoms with E-state index in [0.29, 0.717) is 6.42 Å². The van der Waals surface area contributed by atoms with Crippen LogP contribution in [0.5, 0.6) is 0 Å². The largest absolute Gasteiger partial charge is 0.392 e. The number of rotatable bonds is 35. The van der Waals surface area contributed by atoms with Gasteiger partial charge in [-0.1, -0.05) is 148 Å². The second-order valence-electron chi connectivity index (χ2n) is 13.2. The number of hydrogen-bond donors (Lipinski definition) is 1. The van der Waals surface area contributed by atoms with Gasteiger partial charge < -0.3 is 14.8 Å². The topological polar surface area (TPSA) is 76.1 Å². The van der Waals surface area contributed by atoms with Gasteiger partial charge in [-0.2, -0.15) is 0 Å². The van der Waals surface area contributed by atoms with Crippen molar-refractivity contribution < 1.29 is 24.4 Å². The molecular weight excluding hydrogens is 574 g/mol. The van der Waals surface area contributed by atoms with Gasteiger partial charge >= 0.3 is 11.9 Å². The van der Waals surface area contributed by atoms with Crippen molar-refractivity contribution in [2.45, 2.75) is 213 Å². The Morgan fingerprint density at radius 1 is 0.500 bits per heavy atom. The molecule has 0 radical (unpaired) electrons. The highest BCUT2D eigenvalue weighted by atomic mass is 17.0. The average molecular weight is 650 g/mol. The summed E-state index contributed by atoms with van der Waals surface area (Å²) in [7, 11) is 0. The molecule has 0 saturated heterocycles. The number of carbonyl (C=O) groups is 2. The van der Waals surface area contributed by atoms with Crippen LogP contribution in [0.3, 0.4) is 0 Å². The van der Waals surface area contributed by atoms with Crippen molar-refractivity contribution >= 4 is 11.9 Å². The SMILES string of the molecule is CCCCCCCC/C=C\CCCCCCCC(=O)ON(CC(O)CC)OC(=O)CCCCCCC/C=C\CCCCCCCC. The maximum Gasteiger partial charge on any atom is 0.329 e. The molecule has 1 N–H and O–H groups in total. The van der Waals surface area contributed by atoms with Crippen molar-refractivity contribution in [1.82, 2.24) is 5.23 Å². The summed E-state index contributed by atoms with van der Waals surface area (Å²) in [4.78, 5) is 35.4.